The molecule has 3 N–H and O–H groups in total. The van der Waals surface area contributed by atoms with Gasteiger partial charge >= 0.3 is 5.97 Å². The molecule has 2 heterocycles. The number of carboxylic acids is 1. The average Bonchev–Trinajstić information content (AvgIpc) is 4.07. The van der Waals surface area contributed by atoms with Crippen molar-refractivity contribution in [1.82, 2.24) is 30.3 Å². The number of aliphatic carboxylic acids is 1. The molecule has 0 bridgehead atoms. The predicted molar refractivity (Wildman–Crippen MR) is 273 cm³/mol. The molecule has 0 saturated carbocycles. The van der Waals surface area contributed by atoms with Gasteiger partial charge in [0.05, 0.1) is 108 Å². The van der Waals surface area contributed by atoms with Crippen LogP contribution in [0.25, 0.3) is 0 Å². The number of aromatic nitrogens is 1. The van der Waals surface area contributed by atoms with Gasteiger partial charge < -0.3 is 54.0 Å². The minimum absolute atomic E-state index is 0.00994. The van der Waals surface area contributed by atoms with Crippen LogP contribution in [0.15, 0.2) is 41.9 Å². The molecule has 1 aromatic heterocycles. The monoisotopic (exact) mass is 1020 g/mol. The number of rotatable bonds is 36. The largest absolute Gasteiger partial charge is 0.481 e. The number of ether oxygens (including phenoxy) is 6. The van der Waals surface area contributed by atoms with Crippen molar-refractivity contribution in [1.29, 1.82) is 0 Å². The molecule has 0 aliphatic carbocycles. The summed E-state index contributed by atoms with van der Waals surface area (Å²) in [6.07, 6.45) is 3.20. The minimum atomic E-state index is -0.902. The summed E-state index contributed by atoms with van der Waals surface area (Å²) in [5.74, 6) is -2.72. The van der Waals surface area contributed by atoms with Crippen molar-refractivity contribution >= 4 is 40.9 Å². The summed E-state index contributed by atoms with van der Waals surface area (Å²) in [4.78, 5) is 77.7. The van der Waals surface area contributed by atoms with Crippen molar-refractivity contribution in [3.05, 3.63) is 52.5 Å². The summed E-state index contributed by atoms with van der Waals surface area (Å²) >= 11 is 1.50. The van der Waals surface area contributed by atoms with Gasteiger partial charge in [0.15, 0.2) is 0 Å². The second-order valence-corrected chi connectivity index (χ2v) is 20.1. The van der Waals surface area contributed by atoms with E-state index in [1.807, 2.05) is 101 Å². The molecule has 402 valence electrons. The molecule has 0 spiro atoms. The van der Waals surface area contributed by atoms with Gasteiger partial charge in [0.1, 0.15) is 11.0 Å². The summed E-state index contributed by atoms with van der Waals surface area (Å²) in [5.41, 5.74) is 1.08. The highest BCUT2D eigenvalue weighted by molar-refractivity contribution is 7.09. The van der Waals surface area contributed by atoms with E-state index >= 15 is 0 Å². The van der Waals surface area contributed by atoms with Crippen LogP contribution in [0.5, 0.6) is 0 Å². The normalized spacial score (nSPS) is 17.4. The van der Waals surface area contributed by atoms with Gasteiger partial charge in [-0.25, -0.2) is 4.98 Å². The molecule has 9 atom stereocenters. The number of likely N-dealkylation sites (tertiary alicyclic amines) is 1. The molecule has 1 aliphatic rings. The molecule has 1 aromatic carbocycles. The quantitative estimate of drug-likeness (QED) is 0.0760. The van der Waals surface area contributed by atoms with E-state index in [2.05, 4.69) is 15.6 Å². The molecule has 19 heteroatoms. The number of nitrogens with zero attached hydrogens (tertiary/aromatic N) is 4. The van der Waals surface area contributed by atoms with Crippen LogP contribution >= 0.6 is 11.3 Å². The maximum Gasteiger partial charge on any atom is 0.305 e. The maximum atomic E-state index is 14.6. The number of hydrogen-bond acceptors (Lipinski definition) is 14. The van der Waals surface area contributed by atoms with E-state index < -0.39 is 42.2 Å². The molecule has 18 nitrogen and oxygen atoms in total. The fourth-order valence-corrected chi connectivity index (χ4v) is 10.0. The van der Waals surface area contributed by atoms with Crippen molar-refractivity contribution in [3.8, 4) is 0 Å². The van der Waals surface area contributed by atoms with Crippen LogP contribution in [-0.2, 0) is 58.8 Å². The lowest BCUT2D eigenvalue weighted by atomic mass is 9.89. The molecule has 1 fully saturated rings. The van der Waals surface area contributed by atoms with E-state index in [9.17, 15) is 24.0 Å². The van der Waals surface area contributed by atoms with E-state index in [1.165, 1.54) is 11.3 Å². The zero-order valence-electron chi connectivity index (χ0n) is 44.3. The summed E-state index contributed by atoms with van der Waals surface area (Å²) in [6.45, 7) is 17.3. The smallest absolute Gasteiger partial charge is 0.305 e. The van der Waals surface area contributed by atoms with Crippen LogP contribution in [0.3, 0.4) is 0 Å². The molecule has 2 aromatic rings. The van der Waals surface area contributed by atoms with E-state index in [0.717, 1.165) is 17.0 Å². The molecular weight excluding hydrogens is 933 g/mol. The summed E-state index contributed by atoms with van der Waals surface area (Å²) in [7, 11) is 6.76. The molecule has 0 radical (unpaired) electrons. The zero-order chi connectivity index (χ0) is 52.5. The standard InChI is InChI=1S/C52H86N6O12S/c1-12-37(6)47(57(9)52(64)45(35(2)3)55-50(63)46(36(4)5)56(8)23-25-68-27-29-70-31-30-69-28-26-67-24-20-44(60)61)42(65-10)34-43(59)58-22-16-19-41(58)48(66-11)38(7)49(62)54-40(51-53-21-32-71-51)33-39-17-14-13-15-18-39/h13-15,17-18,21,32,35-38,40-42,45-48H,12,16,19-20,22-31,33-34H2,1-11H3,(H,54,62)(H,55,63)(H,60,61)/t37-,38+,40-,41-,42+,45-,46-,47-,48+/m0/s1. The van der Waals surface area contributed by atoms with Crippen molar-refractivity contribution < 1.29 is 57.5 Å². The zero-order valence-corrected chi connectivity index (χ0v) is 45.2. The van der Waals surface area contributed by atoms with Crippen molar-refractivity contribution in [2.24, 2.45) is 23.7 Å². The lowest BCUT2D eigenvalue weighted by Crippen LogP contribution is -2.60. The molecule has 3 rings (SSSR count). The van der Waals surface area contributed by atoms with Gasteiger partial charge in [-0.2, -0.15) is 0 Å². The van der Waals surface area contributed by atoms with Crippen LogP contribution in [0.4, 0.5) is 0 Å². The summed E-state index contributed by atoms with van der Waals surface area (Å²) < 4.78 is 34.2. The Bertz CT molecular complexity index is 1840. The predicted octanol–water partition coefficient (Wildman–Crippen LogP) is 5.10. The van der Waals surface area contributed by atoms with Crippen LogP contribution in [0, 0.1) is 23.7 Å². The SMILES string of the molecule is CC[C@H](C)[C@@H]([C@@H](CC(=O)N1CCC[C@H]1[C@H](OC)[C@@H](C)C(=O)N[C@@H](Cc1ccccc1)c1nccs1)OC)N(C)C(=O)[C@@H](NC(=O)[C@H](C(C)C)N(C)CCOCCOCCOCCOCCC(=O)O)C(C)C. The number of methoxy groups -OCH3 is 2. The summed E-state index contributed by atoms with van der Waals surface area (Å²) in [5, 5.41) is 17.7. The van der Waals surface area contributed by atoms with Gasteiger partial charge in [0.25, 0.3) is 0 Å². The lowest BCUT2D eigenvalue weighted by Gasteiger charge is -2.41. The van der Waals surface area contributed by atoms with Crippen LogP contribution in [0.1, 0.15) is 97.2 Å². The number of likely N-dealkylation sites (N-methyl/N-ethyl adjacent to an activating group) is 2. The topological polar surface area (TPSA) is 208 Å². The number of thiazole rings is 1. The van der Waals surface area contributed by atoms with Gasteiger partial charge in [-0.15, -0.1) is 11.3 Å². The van der Waals surface area contributed by atoms with Crippen molar-refractivity contribution in [2.75, 3.05) is 94.3 Å². The second-order valence-electron chi connectivity index (χ2n) is 19.2. The Kier molecular flexibility index (Phi) is 28.4. The number of hydrogen-bond donors (Lipinski definition) is 3. The van der Waals surface area contributed by atoms with E-state index in [4.69, 9.17) is 33.5 Å². The maximum absolute atomic E-state index is 14.6. The number of carbonyl (C=O) groups is 5. The van der Waals surface area contributed by atoms with Gasteiger partial charge in [-0.1, -0.05) is 85.2 Å². The Balaban J connectivity index is 1.61. The first-order valence-electron chi connectivity index (χ1n) is 25.4. The van der Waals surface area contributed by atoms with Gasteiger partial charge in [0.2, 0.25) is 23.6 Å². The Hall–Kier alpha value is -4.08. The van der Waals surface area contributed by atoms with Gasteiger partial charge in [-0.05, 0) is 49.6 Å². The highest BCUT2D eigenvalue weighted by atomic mass is 32.1. The number of nitrogens with one attached hydrogen (secondary N) is 2. The van der Waals surface area contributed by atoms with Gasteiger partial charge in [-0.3, -0.25) is 28.9 Å². The molecule has 0 unspecified atom stereocenters. The number of amides is 4. The third-order valence-corrected chi connectivity index (χ3v) is 14.3. The molecular formula is C52H86N6O12S. The Morgan fingerprint density at radius 3 is 1.99 bits per heavy atom. The molecule has 1 saturated heterocycles. The number of benzene rings is 1. The highest BCUT2D eigenvalue weighted by Crippen LogP contribution is 2.31. The first-order chi connectivity index (χ1) is 34.0. The number of carbonyl (C=O) groups excluding carboxylic acids is 4. The van der Waals surface area contributed by atoms with E-state index in [-0.39, 0.29) is 72.9 Å². The second kappa shape index (κ2) is 32.9. The molecule has 71 heavy (non-hydrogen) atoms. The van der Waals surface area contributed by atoms with Crippen LogP contribution in [-0.4, -0.2) is 185 Å². The molecule has 4 amide bonds. The van der Waals surface area contributed by atoms with Crippen molar-refractivity contribution in [3.63, 3.8) is 0 Å². The first kappa shape index (κ1) is 61.2. The lowest BCUT2D eigenvalue weighted by molar-refractivity contribution is -0.148. The average molecular weight is 1020 g/mol. The molecule has 1 aliphatic heterocycles. The minimum Gasteiger partial charge on any atom is -0.481 e. The Morgan fingerprint density at radius 2 is 1.45 bits per heavy atom. The first-order valence-corrected chi connectivity index (χ1v) is 26.2. The fraction of sp³-hybridized carbons (Fsp3) is 0.731. The van der Waals surface area contributed by atoms with Gasteiger partial charge in [0, 0.05) is 45.9 Å². The Labute approximate surface area is 427 Å². The van der Waals surface area contributed by atoms with Crippen molar-refractivity contribution in [2.45, 2.75) is 129 Å². The van der Waals surface area contributed by atoms with Crippen LogP contribution < -0.4 is 10.6 Å². The Morgan fingerprint density at radius 1 is 0.831 bits per heavy atom. The third kappa shape index (κ3) is 20.0. The van der Waals surface area contributed by atoms with E-state index in [0.29, 0.717) is 78.6 Å². The van der Waals surface area contributed by atoms with E-state index in [1.54, 1.807) is 32.4 Å². The van der Waals surface area contributed by atoms with Crippen LogP contribution in [0.2, 0.25) is 0 Å². The fourth-order valence-electron chi connectivity index (χ4n) is 9.32. The number of carboxylic acid groups (broad SMARTS) is 1. The third-order valence-electron chi connectivity index (χ3n) is 13.4. The highest BCUT2D eigenvalue weighted by Gasteiger charge is 2.43. The summed E-state index contributed by atoms with van der Waals surface area (Å²) in [6, 6.07) is 7.43.